The summed E-state index contributed by atoms with van der Waals surface area (Å²) in [6.07, 6.45) is 5.51. The summed E-state index contributed by atoms with van der Waals surface area (Å²) in [6.45, 7) is 13.7. The van der Waals surface area contributed by atoms with Crippen LogP contribution < -0.4 is 18.9 Å². The molecule has 218 valence electrons. The molecule has 0 aliphatic carbocycles. The standard InChI is InChI=1S/C34H45ClO5/c1-7-26-15-17-27(18-16-26)19-22-39-32-30-28(13-8-14-29(30)35)31(40-25(6)36)33(37-20-9-11-23(2)3)34(32)38-21-10-12-24(4)5/h8,13-18,23-24H,7,9-12,19-22H2,1-6H3. The minimum Gasteiger partial charge on any atom is -0.488 e. The molecule has 0 amide bonds. The SMILES string of the molecule is CCc1ccc(CCOc2c(OCCCC(C)C)c(OCCCC(C)C)c(OC(C)=O)c3cccc(Cl)c23)cc1. The number of carbonyl (C=O) groups is 1. The van der Waals surface area contributed by atoms with Crippen molar-refractivity contribution in [2.45, 2.75) is 80.1 Å². The first-order valence-corrected chi connectivity index (χ1v) is 15.0. The third-order valence-electron chi connectivity index (χ3n) is 6.76. The van der Waals surface area contributed by atoms with Gasteiger partial charge in [0.2, 0.25) is 11.5 Å². The van der Waals surface area contributed by atoms with E-state index < -0.39 is 5.97 Å². The summed E-state index contributed by atoms with van der Waals surface area (Å²) in [4.78, 5) is 12.2. The number of halogens is 1. The number of hydrogen-bond donors (Lipinski definition) is 0. The molecule has 0 aromatic heterocycles. The van der Waals surface area contributed by atoms with Gasteiger partial charge in [-0.1, -0.05) is 82.6 Å². The summed E-state index contributed by atoms with van der Waals surface area (Å²) in [5.41, 5.74) is 2.49. The Bertz CT molecular complexity index is 1230. The third-order valence-corrected chi connectivity index (χ3v) is 7.08. The van der Waals surface area contributed by atoms with Crippen LogP contribution in [0, 0.1) is 11.8 Å². The largest absolute Gasteiger partial charge is 0.488 e. The molecular weight excluding hydrogens is 524 g/mol. The number of ether oxygens (including phenoxy) is 4. The third kappa shape index (κ3) is 9.05. The molecule has 0 radical (unpaired) electrons. The van der Waals surface area contributed by atoms with Gasteiger partial charge in [-0.05, 0) is 61.1 Å². The first kappa shape index (κ1) is 31.6. The lowest BCUT2D eigenvalue weighted by atomic mass is 10.1. The lowest BCUT2D eigenvalue weighted by molar-refractivity contribution is -0.131. The van der Waals surface area contributed by atoms with Gasteiger partial charge in [-0.15, -0.1) is 0 Å². The lowest BCUT2D eigenvalue weighted by Crippen LogP contribution is -2.11. The highest BCUT2D eigenvalue weighted by Crippen LogP contribution is 2.53. The van der Waals surface area contributed by atoms with Crippen molar-refractivity contribution < 1.29 is 23.7 Å². The van der Waals surface area contributed by atoms with Gasteiger partial charge in [0.25, 0.3) is 0 Å². The van der Waals surface area contributed by atoms with Crippen molar-refractivity contribution in [3.8, 4) is 23.0 Å². The van der Waals surface area contributed by atoms with Crippen LogP contribution in [-0.4, -0.2) is 25.8 Å². The number of fused-ring (bicyclic) bond motifs is 1. The number of esters is 1. The van der Waals surface area contributed by atoms with Gasteiger partial charge in [0, 0.05) is 18.7 Å². The molecule has 0 saturated heterocycles. The maximum Gasteiger partial charge on any atom is 0.308 e. The van der Waals surface area contributed by atoms with Crippen LogP contribution in [0.1, 0.15) is 78.4 Å². The van der Waals surface area contributed by atoms with Gasteiger partial charge in [-0.3, -0.25) is 4.79 Å². The van der Waals surface area contributed by atoms with E-state index in [1.54, 1.807) is 0 Å². The Balaban J connectivity index is 2.06. The van der Waals surface area contributed by atoms with Gasteiger partial charge in [0.05, 0.1) is 30.2 Å². The summed E-state index contributed by atoms with van der Waals surface area (Å²) >= 11 is 6.77. The van der Waals surface area contributed by atoms with Gasteiger partial charge < -0.3 is 18.9 Å². The molecule has 0 fully saturated rings. The van der Waals surface area contributed by atoms with Crippen LogP contribution in [0.2, 0.25) is 5.02 Å². The number of benzene rings is 3. The minimum atomic E-state index is -0.441. The van der Waals surface area contributed by atoms with Crippen LogP contribution in [0.5, 0.6) is 23.0 Å². The van der Waals surface area contributed by atoms with Gasteiger partial charge in [0.1, 0.15) is 0 Å². The van der Waals surface area contributed by atoms with Gasteiger partial charge in [0.15, 0.2) is 11.5 Å². The van der Waals surface area contributed by atoms with Crippen LogP contribution >= 0.6 is 11.6 Å². The summed E-state index contributed by atoms with van der Waals surface area (Å²) in [5, 5.41) is 1.79. The van der Waals surface area contributed by atoms with Crippen LogP contribution in [0.4, 0.5) is 0 Å². The van der Waals surface area contributed by atoms with Crippen LogP contribution in [-0.2, 0) is 17.6 Å². The fourth-order valence-electron chi connectivity index (χ4n) is 4.58. The Hall–Kier alpha value is -2.92. The van der Waals surface area contributed by atoms with Gasteiger partial charge >= 0.3 is 5.97 Å². The Morgan fingerprint density at radius 2 is 1.30 bits per heavy atom. The zero-order valence-electron chi connectivity index (χ0n) is 25.0. The summed E-state index contributed by atoms with van der Waals surface area (Å²) < 4.78 is 25.0. The molecule has 0 heterocycles. The second kappa shape index (κ2) is 15.8. The smallest absolute Gasteiger partial charge is 0.308 e. The highest BCUT2D eigenvalue weighted by atomic mass is 35.5. The second-order valence-electron chi connectivity index (χ2n) is 11.1. The molecule has 5 nitrogen and oxygen atoms in total. The maximum atomic E-state index is 12.2. The topological polar surface area (TPSA) is 54.0 Å². The molecule has 0 aliphatic rings. The molecule has 3 aromatic rings. The van der Waals surface area contributed by atoms with Crippen molar-refractivity contribution in [2.75, 3.05) is 19.8 Å². The van der Waals surface area contributed by atoms with E-state index in [0.29, 0.717) is 70.4 Å². The van der Waals surface area contributed by atoms with Crippen molar-refractivity contribution in [3.63, 3.8) is 0 Å². The molecule has 3 rings (SSSR count). The average molecular weight is 569 g/mol. The number of aryl methyl sites for hydroxylation is 1. The maximum absolute atomic E-state index is 12.2. The molecule has 0 saturated carbocycles. The Labute approximate surface area is 245 Å². The molecule has 40 heavy (non-hydrogen) atoms. The normalized spacial score (nSPS) is 11.3. The first-order chi connectivity index (χ1) is 19.2. The molecule has 0 bridgehead atoms. The summed E-state index contributed by atoms with van der Waals surface area (Å²) in [6, 6.07) is 14.1. The van der Waals surface area contributed by atoms with E-state index in [4.69, 9.17) is 30.5 Å². The van der Waals surface area contributed by atoms with Crippen LogP contribution in [0.15, 0.2) is 42.5 Å². The Morgan fingerprint density at radius 3 is 1.85 bits per heavy atom. The second-order valence-corrected chi connectivity index (χ2v) is 11.5. The molecular formula is C34H45ClO5. The zero-order chi connectivity index (χ0) is 29.1. The van der Waals surface area contributed by atoms with E-state index in [9.17, 15) is 4.79 Å². The predicted molar refractivity (Wildman–Crippen MR) is 164 cm³/mol. The van der Waals surface area contributed by atoms with E-state index in [0.717, 1.165) is 38.5 Å². The fraction of sp³-hybridized carbons (Fsp3) is 0.500. The number of carbonyl (C=O) groups excluding carboxylic acids is 1. The highest BCUT2D eigenvalue weighted by molar-refractivity contribution is 6.36. The van der Waals surface area contributed by atoms with Crippen molar-refractivity contribution >= 4 is 28.3 Å². The monoisotopic (exact) mass is 568 g/mol. The molecule has 0 spiro atoms. The summed E-state index contributed by atoms with van der Waals surface area (Å²) in [5.74, 6) is 2.34. The molecule has 0 unspecified atom stereocenters. The summed E-state index contributed by atoms with van der Waals surface area (Å²) in [7, 11) is 0. The zero-order valence-corrected chi connectivity index (χ0v) is 25.7. The van der Waals surface area contributed by atoms with Crippen molar-refractivity contribution in [3.05, 3.63) is 58.6 Å². The van der Waals surface area contributed by atoms with Crippen molar-refractivity contribution in [1.82, 2.24) is 0 Å². The van der Waals surface area contributed by atoms with E-state index in [2.05, 4.69) is 58.9 Å². The first-order valence-electron chi connectivity index (χ1n) is 14.6. The van der Waals surface area contributed by atoms with Gasteiger partial charge in [-0.25, -0.2) is 0 Å². The molecule has 0 N–H and O–H groups in total. The highest BCUT2D eigenvalue weighted by Gasteiger charge is 2.27. The Morgan fingerprint density at radius 1 is 0.750 bits per heavy atom. The number of hydrogen-bond acceptors (Lipinski definition) is 5. The van der Waals surface area contributed by atoms with Crippen molar-refractivity contribution in [1.29, 1.82) is 0 Å². The van der Waals surface area contributed by atoms with E-state index in [1.807, 2.05) is 18.2 Å². The predicted octanol–water partition coefficient (Wildman–Crippen LogP) is 9.23. The quantitative estimate of drug-likeness (QED) is 0.0979. The molecule has 6 heteroatoms. The van der Waals surface area contributed by atoms with Gasteiger partial charge in [-0.2, -0.15) is 0 Å². The van der Waals surface area contributed by atoms with Crippen molar-refractivity contribution in [2.24, 2.45) is 11.8 Å². The van der Waals surface area contributed by atoms with Crippen LogP contribution in [0.3, 0.4) is 0 Å². The van der Waals surface area contributed by atoms with Crippen LogP contribution in [0.25, 0.3) is 10.8 Å². The average Bonchev–Trinajstić information content (AvgIpc) is 2.91. The molecule has 0 aliphatic heterocycles. The van der Waals surface area contributed by atoms with E-state index >= 15 is 0 Å². The molecule has 0 atom stereocenters. The lowest BCUT2D eigenvalue weighted by Gasteiger charge is -2.23. The fourth-order valence-corrected chi connectivity index (χ4v) is 4.84. The van der Waals surface area contributed by atoms with E-state index in [-0.39, 0.29) is 0 Å². The molecule has 3 aromatic carbocycles. The van der Waals surface area contributed by atoms with E-state index in [1.165, 1.54) is 18.1 Å². The Kier molecular flexibility index (Phi) is 12.5. The minimum absolute atomic E-state index is 0.316. The number of rotatable bonds is 16.